The Kier molecular flexibility index (Phi) is 2.72. The highest BCUT2D eigenvalue weighted by atomic mass is 14.6. The molecule has 2 rings (SSSR count). The van der Waals surface area contributed by atoms with E-state index in [4.69, 9.17) is 0 Å². The minimum atomic E-state index is 0.581. The second kappa shape index (κ2) is 4.01. The molecule has 0 aliphatic rings. The Bertz CT molecular complexity index is 454. The fourth-order valence-electron chi connectivity index (χ4n) is 1.88. The predicted octanol–water partition coefficient (Wildman–Crippen LogP) is 3.99. The molecule has 0 aliphatic carbocycles. The first kappa shape index (κ1) is 10.2. The van der Waals surface area contributed by atoms with Gasteiger partial charge in [-0.2, -0.15) is 0 Å². The number of rotatable bonds is 2. The lowest BCUT2D eigenvalue weighted by Gasteiger charge is -2.17. The summed E-state index contributed by atoms with van der Waals surface area (Å²) in [5.74, 6) is 1.24. The van der Waals surface area contributed by atoms with Crippen LogP contribution in [0.25, 0.3) is 10.9 Å². The molecule has 1 unspecified atom stereocenters. The average molecular weight is 199 g/mol. The van der Waals surface area contributed by atoms with Crippen LogP contribution in [0.2, 0.25) is 0 Å². The van der Waals surface area contributed by atoms with Gasteiger partial charge in [-0.1, -0.05) is 39.0 Å². The van der Waals surface area contributed by atoms with Crippen LogP contribution in [-0.2, 0) is 0 Å². The Morgan fingerprint density at radius 2 is 1.80 bits per heavy atom. The largest absolute Gasteiger partial charge is 0.256 e. The molecule has 0 amide bonds. The maximum atomic E-state index is 4.38. The molecule has 0 bridgehead atoms. The molecule has 0 aliphatic heterocycles. The Hall–Kier alpha value is -1.37. The summed E-state index contributed by atoms with van der Waals surface area (Å²) < 4.78 is 0. The molecular formula is C14H17N. The van der Waals surface area contributed by atoms with E-state index >= 15 is 0 Å². The molecule has 1 atom stereocenters. The van der Waals surface area contributed by atoms with E-state index in [1.54, 1.807) is 0 Å². The van der Waals surface area contributed by atoms with E-state index in [0.29, 0.717) is 11.8 Å². The SMILES string of the molecule is CC(C)C(C)c1cccc2ncccc12. The number of hydrogen-bond acceptors (Lipinski definition) is 1. The quantitative estimate of drug-likeness (QED) is 0.712. The first-order valence-electron chi connectivity index (χ1n) is 5.54. The number of fused-ring (bicyclic) bond motifs is 1. The van der Waals surface area contributed by atoms with Crippen LogP contribution in [0.5, 0.6) is 0 Å². The Morgan fingerprint density at radius 3 is 2.53 bits per heavy atom. The van der Waals surface area contributed by atoms with Crippen LogP contribution in [0.1, 0.15) is 32.3 Å². The molecule has 1 aromatic heterocycles. The van der Waals surface area contributed by atoms with Crippen LogP contribution >= 0.6 is 0 Å². The molecule has 1 aromatic carbocycles. The zero-order valence-electron chi connectivity index (χ0n) is 9.57. The normalized spacial score (nSPS) is 13.3. The van der Waals surface area contributed by atoms with Gasteiger partial charge in [0, 0.05) is 11.6 Å². The minimum Gasteiger partial charge on any atom is -0.256 e. The third-order valence-electron chi connectivity index (χ3n) is 3.17. The summed E-state index contributed by atoms with van der Waals surface area (Å²) in [6.07, 6.45) is 1.85. The van der Waals surface area contributed by atoms with Crippen molar-refractivity contribution in [2.45, 2.75) is 26.7 Å². The highest BCUT2D eigenvalue weighted by Gasteiger charge is 2.12. The van der Waals surface area contributed by atoms with Gasteiger partial charge in [-0.15, -0.1) is 0 Å². The molecule has 0 fully saturated rings. The van der Waals surface area contributed by atoms with E-state index < -0.39 is 0 Å². The van der Waals surface area contributed by atoms with Crippen molar-refractivity contribution in [1.82, 2.24) is 4.98 Å². The molecule has 1 heteroatoms. The molecule has 0 N–H and O–H groups in total. The standard InChI is InChI=1S/C14H17N/c1-10(2)11(3)12-6-4-8-14-13(12)7-5-9-15-14/h4-11H,1-3H3. The lowest BCUT2D eigenvalue weighted by atomic mass is 9.88. The molecule has 0 spiro atoms. The molecule has 15 heavy (non-hydrogen) atoms. The summed E-state index contributed by atoms with van der Waals surface area (Å²) in [6.45, 7) is 6.81. The number of aromatic nitrogens is 1. The van der Waals surface area contributed by atoms with Gasteiger partial charge in [0.1, 0.15) is 0 Å². The van der Waals surface area contributed by atoms with Crippen molar-refractivity contribution in [3.8, 4) is 0 Å². The fraction of sp³-hybridized carbons (Fsp3) is 0.357. The molecule has 0 radical (unpaired) electrons. The minimum absolute atomic E-state index is 0.581. The molecule has 2 aromatic rings. The topological polar surface area (TPSA) is 12.9 Å². The number of benzene rings is 1. The fourth-order valence-corrected chi connectivity index (χ4v) is 1.88. The van der Waals surface area contributed by atoms with Crippen molar-refractivity contribution >= 4 is 10.9 Å². The summed E-state index contributed by atoms with van der Waals surface area (Å²) in [6, 6.07) is 10.6. The van der Waals surface area contributed by atoms with E-state index in [-0.39, 0.29) is 0 Å². The van der Waals surface area contributed by atoms with Crippen molar-refractivity contribution < 1.29 is 0 Å². The lowest BCUT2D eigenvalue weighted by Crippen LogP contribution is -2.02. The first-order valence-corrected chi connectivity index (χ1v) is 5.54. The summed E-state index contributed by atoms with van der Waals surface area (Å²) in [5, 5.41) is 1.29. The van der Waals surface area contributed by atoms with Gasteiger partial charge in [-0.05, 0) is 29.5 Å². The number of nitrogens with zero attached hydrogens (tertiary/aromatic N) is 1. The van der Waals surface area contributed by atoms with E-state index in [0.717, 1.165) is 5.52 Å². The van der Waals surface area contributed by atoms with Gasteiger partial charge in [-0.25, -0.2) is 0 Å². The highest BCUT2D eigenvalue weighted by molar-refractivity contribution is 5.82. The van der Waals surface area contributed by atoms with Crippen LogP contribution in [0.15, 0.2) is 36.5 Å². The zero-order valence-corrected chi connectivity index (χ0v) is 9.57. The summed E-state index contributed by atoms with van der Waals surface area (Å²) in [5.41, 5.74) is 2.51. The average Bonchev–Trinajstić information content (AvgIpc) is 2.27. The number of pyridine rings is 1. The highest BCUT2D eigenvalue weighted by Crippen LogP contribution is 2.29. The third kappa shape index (κ3) is 1.87. The van der Waals surface area contributed by atoms with Crippen LogP contribution in [0.4, 0.5) is 0 Å². The molecular weight excluding hydrogens is 182 g/mol. The number of hydrogen-bond donors (Lipinski definition) is 0. The van der Waals surface area contributed by atoms with Crippen molar-refractivity contribution in [3.63, 3.8) is 0 Å². The smallest absolute Gasteiger partial charge is 0.0704 e. The Morgan fingerprint density at radius 1 is 1.00 bits per heavy atom. The van der Waals surface area contributed by atoms with E-state index in [1.165, 1.54) is 10.9 Å². The van der Waals surface area contributed by atoms with E-state index in [1.807, 2.05) is 12.3 Å². The summed E-state index contributed by atoms with van der Waals surface area (Å²) >= 11 is 0. The predicted molar refractivity (Wildman–Crippen MR) is 65.0 cm³/mol. The molecule has 0 saturated carbocycles. The van der Waals surface area contributed by atoms with Gasteiger partial charge >= 0.3 is 0 Å². The van der Waals surface area contributed by atoms with Gasteiger partial charge in [0.15, 0.2) is 0 Å². The molecule has 0 saturated heterocycles. The first-order chi connectivity index (χ1) is 7.20. The maximum Gasteiger partial charge on any atom is 0.0704 e. The van der Waals surface area contributed by atoms with Crippen LogP contribution in [-0.4, -0.2) is 4.98 Å². The van der Waals surface area contributed by atoms with Gasteiger partial charge in [0.25, 0.3) is 0 Å². The van der Waals surface area contributed by atoms with Crippen molar-refractivity contribution in [2.24, 2.45) is 5.92 Å². The van der Waals surface area contributed by atoms with Crippen LogP contribution < -0.4 is 0 Å². The zero-order chi connectivity index (χ0) is 10.8. The second-order valence-electron chi connectivity index (χ2n) is 4.45. The van der Waals surface area contributed by atoms with Crippen molar-refractivity contribution in [1.29, 1.82) is 0 Å². The Labute approximate surface area is 91.2 Å². The van der Waals surface area contributed by atoms with Gasteiger partial charge in [0.2, 0.25) is 0 Å². The lowest BCUT2D eigenvalue weighted by molar-refractivity contribution is 0.538. The van der Waals surface area contributed by atoms with Gasteiger partial charge in [0.05, 0.1) is 5.52 Å². The molecule has 78 valence electrons. The molecule has 1 heterocycles. The van der Waals surface area contributed by atoms with E-state index in [2.05, 4.69) is 50.0 Å². The Balaban J connectivity index is 2.60. The monoisotopic (exact) mass is 199 g/mol. The summed E-state index contributed by atoms with van der Waals surface area (Å²) in [7, 11) is 0. The third-order valence-corrected chi connectivity index (χ3v) is 3.17. The van der Waals surface area contributed by atoms with Crippen molar-refractivity contribution in [2.75, 3.05) is 0 Å². The van der Waals surface area contributed by atoms with Crippen molar-refractivity contribution in [3.05, 3.63) is 42.1 Å². The van der Waals surface area contributed by atoms with Gasteiger partial charge < -0.3 is 0 Å². The van der Waals surface area contributed by atoms with E-state index in [9.17, 15) is 0 Å². The van der Waals surface area contributed by atoms with Crippen LogP contribution in [0, 0.1) is 5.92 Å². The van der Waals surface area contributed by atoms with Crippen LogP contribution in [0.3, 0.4) is 0 Å². The molecule has 1 nitrogen and oxygen atoms in total. The van der Waals surface area contributed by atoms with Gasteiger partial charge in [-0.3, -0.25) is 4.98 Å². The second-order valence-corrected chi connectivity index (χ2v) is 4.45. The summed E-state index contributed by atoms with van der Waals surface area (Å²) in [4.78, 5) is 4.38. The maximum absolute atomic E-state index is 4.38.